The van der Waals surface area contributed by atoms with Gasteiger partial charge in [0.05, 0.1) is 0 Å². The van der Waals surface area contributed by atoms with Crippen LogP contribution in [0.5, 0.6) is 0 Å². The van der Waals surface area contributed by atoms with Crippen LogP contribution in [0.4, 0.5) is 4.39 Å². The highest BCUT2D eigenvalue weighted by Crippen LogP contribution is 2.21. The Morgan fingerprint density at radius 2 is 2.11 bits per heavy atom. The maximum atomic E-state index is 13.4. The molecule has 6 heteroatoms. The Morgan fingerprint density at radius 3 is 2.94 bits per heavy atom. The van der Waals surface area contributed by atoms with Crippen LogP contribution in [0.25, 0.3) is 5.78 Å². The Labute approximate surface area is 107 Å². The number of halogens is 1. The van der Waals surface area contributed by atoms with Crippen LogP contribution in [0.15, 0.2) is 47.9 Å². The maximum absolute atomic E-state index is 13.4. The van der Waals surface area contributed by atoms with Gasteiger partial charge in [-0.1, -0.05) is 30.0 Å². The van der Waals surface area contributed by atoms with Gasteiger partial charge in [0.25, 0.3) is 5.78 Å². The predicted octanol–water partition coefficient (Wildman–Crippen LogP) is 2.56. The monoisotopic (exact) mass is 260 g/mol. The topological polar surface area (TPSA) is 43.1 Å². The zero-order chi connectivity index (χ0) is 12.4. The molecule has 18 heavy (non-hydrogen) atoms. The molecule has 90 valence electrons. The standard InChI is InChI=1S/C12H9FN4S/c13-10-5-2-1-4-9(10)8-18-12-15-11-14-6-3-7-17(11)16-12/h1-7H,8H2. The minimum absolute atomic E-state index is 0.202. The zero-order valence-electron chi connectivity index (χ0n) is 9.32. The zero-order valence-corrected chi connectivity index (χ0v) is 10.1. The van der Waals surface area contributed by atoms with Gasteiger partial charge in [0.1, 0.15) is 5.82 Å². The van der Waals surface area contributed by atoms with Gasteiger partial charge in [-0.25, -0.2) is 13.9 Å². The Bertz CT molecular complexity index is 649. The van der Waals surface area contributed by atoms with Crippen LogP contribution in [-0.2, 0) is 5.75 Å². The van der Waals surface area contributed by atoms with E-state index in [4.69, 9.17) is 0 Å². The van der Waals surface area contributed by atoms with E-state index in [1.165, 1.54) is 17.8 Å². The van der Waals surface area contributed by atoms with Crippen LogP contribution in [0, 0.1) is 5.82 Å². The molecule has 0 fully saturated rings. The summed E-state index contributed by atoms with van der Waals surface area (Å²) in [5.41, 5.74) is 0.648. The summed E-state index contributed by atoms with van der Waals surface area (Å²) >= 11 is 1.39. The number of hydrogen-bond acceptors (Lipinski definition) is 4. The minimum Gasteiger partial charge on any atom is -0.220 e. The third-order valence-corrected chi connectivity index (χ3v) is 3.30. The fourth-order valence-electron chi connectivity index (χ4n) is 1.53. The Morgan fingerprint density at radius 1 is 1.22 bits per heavy atom. The smallest absolute Gasteiger partial charge is 0.220 e. The molecule has 3 aromatic rings. The van der Waals surface area contributed by atoms with E-state index in [9.17, 15) is 4.39 Å². The van der Waals surface area contributed by atoms with E-state index in [-0.39, 0.29) is 5.82 Å². The summed E-state index contributed by atoms with van der Waals surface area (Å²) in [5.74, 6) is 0.851. The fraction of sp³-hybridized carbons (Fsp3) is 0.0833. The minimum atomic E-state index is -0.202. The lowest BCUT2D eigenvalue weighted by Gasteiger charge is -1.99. The summed E-state index contributed by atoms with van der Waals surface area (Å²) in [6, 6.07) is 8.49. The molecular formula is C12H9FN4S. The van der Waals surface area contributed by atoms with E-state index in [0.29, 0.717) is 22.3 Å². The molecule has 0 unspecified atom stereocenters. The Balaban J connectivity index is 1.79. The number of thioether (sulfide) groups is 1. The number of benzene rings is 1. The lowest BCUT2D eigenvalue weighted by Crippen LogP contribution is -1.88. The Hall–Kier alpha value is -1.95. The molecular weight excluding hydrogens is 251 g/mol. The van der Waals surface area contributed by atoms with Crippen molar-refractivity contribution in [3.63, 3.8) is 0 Å². The van der Waals surface area contributed by atoms with Crippen molar-refractivity contribution >= 4 is 17.5 Å². The van der Waals surface area contributed by atoms with Gasteiger partial charge >= 0.3 is 0 Å². The van der Waals surface area contributed by atoms with Crippen LogP contribution in [0.1, 0.15) is 5.56 Å². The summed E-state index contributed by atoms with van der Waals surface area (Å²) < 4.78 is 15.0. The second kappa shape index (κ2) is 4.73. The van der Waals surface area contributed by atoms with Gasteiger partial charge in [-0.2, -0.15) is 4.98 Å². The summed E-state index contributed by atoms with van der Waals surface area (Å²) in [6.07, 6.45) is 3.44. The number of hydrogen-bond donors (Lipinski definition) is 0. The number of aromatic nitrogens is 4. The van der Waals surface area contributed by atoms with Crippen LogP contribution >= 0.6 is 11.8 Å². The molecule has 3 rings (SSSR count). The van der Waals surface area contributed by atoms with Crippen molar-refractivity contribution < 1.29 is 4.39 Å². The SMILES string of the molecule is Fc1ccccc1CSc1nc2ncccn2n1. The van der Waals surface area contributed by atoms with E-state index >= 15 is 0 Å². The first-order valence-electron chi connectivity index (χ1n) is 5.36. The summed E-state index contributed by atoms with van der Waals surface area (Å²) in [4.78, 5) is 8.32. The second-order valence-electron chi connectivity index (χ2n) is 3.64. The molecule has 0 aliphatic carbocycles. The van der Waals surface area contributed by atoms with Crippen LogP contribution < -0.4 is 0 Å². The molecule has 1 aromatic carbocycles. The highest BCUT2D eigenvalue weighted by atomic mass is 32.2. The molecule has 0 spiro atoms. The van der Waals surface area contributed by atoms with E-state index in [1.54, 1.807) is 35.1 Å². The average molecular weight is 260 g/mol. The number of nitrogens with zero attached hydrogens (tertiary/aromatic N) is 4. The second-order valence-corrected chi connectivity index (χ2v) is 4.58. The first-order valence-corrected chi connectivity index (χ1v) is 6.35. The molecule has 0 atom stereocenters. The van der Waals surface area contributed by atoms with Crippen molar-refractivity contribution in [3.05, 3.63) is 54.1 Å². The quantitative estimate of drug-likeness (QED) is 0.679. The van der Waals surface area contributed by atoms with Gasteiger partial charge in [0.15, 0.2) is 0 Å². The molecule has 0 aliphatic rings. The van der Waals surface area contributed by atoms with Crippen molar-refractivity contribution in [2.75, 3.05) is 0 Å². The highest BCUT2D eigenvalue weighted by Gasteiger charge is 2.06. The van der Waals surface area contributed by atoms with Crippen molar-refractivity contribution in [2.45, 2.75) is 10.9 Å². The van der Waals surface area contributed by atoms with E-state index < -0.39 is 0 Å². The van der Waals surface area contributed by atoms with Gasteiger partial charge in [-0.3, -0.25) is 0 Å². The van der Waals surface area contributed by atoms with Crippen LogP contribution in [-0.4, -0.2) is 19.6 Å². The van der Waals surface area contributed by atoms with E-state index in [1.807, 2.05) is 6.07 Å². The van der Waals surface area contributed by atoms with Gasteiger partial charge in [0.2, 0.25) is 5.16 Å². The van der Waals surface area contributed by atoms with Gasteiger partial charge in [-0.05, 0) is 17.7 Å². The van der Waals surface area contributed by atoms with Gasteiger partial charge < -0.3 is 0 Å². The van der Waals surface area contributed by atoms with Crippen LogP contribution in [0.2, 0.25) is 0 Å². The molecule has 0 saturated carbocycles. The molecule has 4 nitrogen and oxygen atoms in total. The third kappa shape index (κ3) is 2.19. The van der Waals surface area contributed by atoms with Crippen molar-refractivity contribution in [1.29, 1.82) is 0 Å². The van der Waals surface area contributed by atoms with Crippen molar-refractivity contribution in [2.24, 2.45) is 0 Å². The van der Waals surface area contributed by atoms with E-state index in [2.05, 4.69) is 15.1 Å². The molecule has 0 amide bonds. The number of rotatable bonds is 3. The molecule has 2 heterocycles. The van der Waals surface area contributed by atoms with E-state index in [0.717, 1.165) is 0 Å². The lowest BCUT2D eigenvalue weighted by atomic mass is 10.2. The molecule has 0 bridgehead atoms. The lowest BCUT2D eigenvalue weighted by molar-refractivity contribution is 0.617. The Kier molecular flexibility index (Phi) is 2.93. The molecule has 0 saturated heterocycles. The first kappa shape index (κ1) is 11.2. The van der Waals surface area contributed by atoms with Crippen molar-refractivity contribution in [3.8, 4) is 0 Å². The summed E-state index contributed by atoms with van der Waals surface area (Å²) in [5, 5.41) is 4.84. The van der Waals surface area contributed by atoms with Crippen LogP contribution in [0.3, 0.4) is 0 Å². The first-order chi connectivity index (χ1) is 8.83. The average Bonchev–Trinajstić information content (AvgIpc) is 2.80. The van der Waals surface area contributed by atoms with Gasteiger partial charge in [-0.15, -0.1) is 5.10 Å². The normalized spacial score (nSPS) is 10.9. The maximum Gasteiger partial charge on any atom is 0.253 e. The molecule has 0 N–H and O–H groups in total. The van der Waals surface area contributed by atoms with Gasteiger partial charge in [0, 0.05) is 18.1 Å². The summed E-state index contributed by atoms with van der Waals surface area (Å²) in [7, 11) is 0. The number of fused-ring (bicyclic) bond motifs is 1. The van der Waals surface area contributed by atoms with Crippen molar-refractivity contribution in [1.82, 2.24) is 19.6 Å². The molecule has 0 radical (unpaired) electrons. The summed E-state index contributed by atoms with van der Waals surface area (Å²) in [6.45, 7) is 0. The predicted molar refractivity (Wildman–Crippen MR) is 66.7 cm³/mol. The third-order valence-electron chi connectivity index (χ3n) is 2.41. The largest absolute Gasteiger partial charge is 0.253 e. The fourth-order valence-corrected chi connectivity index (χ4v) is 2.34. The highest BCUT2D eigenvalue weighted by molar-refractivity contribution is 7.98. The molecule has 0 aliphatic heterocycles. The molecule has 2 aromatic heterocycles.